The van der Waals surface area contributed by atoms with Gasteiger partial charge in [0.25, 0.3) is 5.69 Å². The van der Waals surface area contributed by atoms with Crippen molar-refractivity contribution in [3.8, 4) is 0 Å². The quantitative estimate of drug-likeness (QED) is 0.626. The molecule has 110 valence electrons. The second-order valence-corrected chi connectivity index (χ2v) is 5.20. The fourth-order valence-electron chi connectivity index (χ4n) is 1.88. The Morgan fingerprint density at radius 1 is 1.57 bits per heavy atom. The Bertz CT molecular complexity index is 657. The molecule has 0 spiro atoms. The first-order valence-electron chi connectivity index (χ1n) is 6.20. The van der Waals surface area contributed by atoms with Crippen LogP contribution in [0.15, 0.2) is 29.8 Å². The van der Waals surface area contributed by atoms with Crippen LogP contribution in [-0.4, -0.2) is 21.0 Å². The van der Waals surface area contributed by atoms with Crippen molar-refractivity contribution in [2.45, 2.75) is 19.4 Å². The maximum atomic E-state index is 11.1. The molecule has 2 N–H and O–H groups in total. The van der Waals surface area contributed by atoms with E-state index in [1.807, 2.05) is 12.3 Å². The maximum absolute atomic E-state index is 11.1. The number of carboxylic acids is 1. The number of nitrogens with one attached hydrogen (secondary N) is 1. The molecule has 0 fully saturated rings. The summed E-state index contributed by atoms with van der Waals surface area (Å²) in [5.74, 6) is -1.13. The van der Waals surface area contributed by atoms with Crippen molar-refractivity contribution in [1.29, 1.82) is 0 Å². The van der Waals surface area contributed by atoms with Crippen LogP contribution in [0.3, 0.4) is 0 Å². The Balaban J connectivity index is 2.38. The largest absolute Gasteiger partial charge is 0.478 e. The molecule has 1 unspecified atom stereocenters. The number of anilines is 1. The van der Waals surface area contributed by atoms with Crippen LogP contribution in [0.1, 0.15) is 34.8 Å². The van der Waals surface area contributed by atoms with E-state index in [4.69, 9.17) is 5.11 Å². The zero-order valence-electron chi connectivity index (χ0n) is 11.1. The third kappa shape index (κ3) is 3.34. The van der Waals surface area contributed by atoms with Crippen molar-refractivity contribution in [3.05, 3.63) is 50.5 Å². The highest BCUT2D eigenvalue weighted by molar-refractivity contribution is 7.09. The summed E-state index contributed by atoms with van der Waals surface area (Å²) in [6.45, 7) is 1.92. The van der Waals surface area contributed by atoms with Crippen LogP contribution in [0.5, 0.6) is 0 Å². The first-order valence-corrected chi connectivity index (χ1v) is 7.08. The van der Waals surface area contributed by atoms with Gasteiger partial charge in [0.05, 0.1) is 16.5 Å². The van der Waals surface area contributed by atoms with E-state index in [1.165, 1.54) is 29.5 Å². The highest BCUT2D eigenvalue weighted by Gasteiger charge is 2.20. The molecule has 2 aromatic rings. The standard InChI is InChI=1S/C13H13N3O4S/c1-2-9(12-14-5-6-21-12)15-10-7-8(13(17)18)3-4-11(10)16(19)20/h3-7,9,15H,2H2,1H3,(H,17,18). The van der Waals surface area contributed by atoms with Gasteiger partial charge in [-0.2, -0.15) is 0 Å². The predicted molar refractivity (Wildman–Crippen MR) is 78.8 cm³/mol. The van der Waals surface area contributed by atoms with Gasteiger partial charge >= 0.3 is 5.97 Å². The molecule has 7 nitrogen and oxygen atoms in total. The average Bonchev–Trinajstić information content (AvgIpc) is 2.98. The normalized spacial score (nSPS) is 11.9. The number of carboxylic acid groups (broad SMARTS) is 1. The Kier molecular flexibility index (Phi) is 4.49. The van der Waals surface area contributed by atoms with Gasteiger partial charge in [0.2, 0.25) is 0 Å². The monoisotopic (exact) mass is 307 g/mol. The molecule has 1 atom stereocenters. The van der Waals surface area contributed by atoms with Gasteiger partial charge in [0.1, 0.15) is 10.7 Å². The number of nitrogens with zero attached hydrogens (tertiary/aromatic N) is 2. The molecule has 0 amide bonds. The summed E-state index contributed by atoms with van der Waals surface area (Å²) in [4.78, 5) is 25.7. The molecule has 8 heteroatoms. The van der Waals surface area contributed by atoms with Gasteiger partial charge in [-0.15, -0.1) is 11.3 Å². The highest BCUT2D eigenvalue weighted by atomic mass is 32.1. The van der Waals surface area contributed by atoms with Gasteiger partial charge in [0.15, 0.2) is 0 Å². The highest BCUT2D eigenvalue weighted by Crippen LogP contribution is 2.31. The topological polar surface area (TPSA) is 105 Å². The molecule has 0 radical (unpaired) electrons. The molecule has 0 aliphatic heterocycles. The maximum Gasteiger partial charge on any atom is 0.335 e. The SMILES string of the molecule is CCC(Nc1cc(C(=O)O)ccc1[N+](=O)[O-])c1nccs1. The minimum Gasteiger partial charge on any atom is -0.478 e. The number of carbonyl (C=O) groups is 1. The van der Waals surface area contributed by atoms with Gasteiger partial charge < -0.3 is 10.4 Å². The molecule has 2 rings (SSSR count). The van der Waals surface area contributed by atoms with E-state index < -0.39 is 10.9 Å². The summed E-state index contributed by atoms with van der Waals surface area (Å²) < 4.78 is 0. The number of thiazole rings is 1. The molecular weight excluding hydrogens is 294 g/mol. The van der Waals surface area contributed by atoms with Crippen molar-refractivity contribution >= 4 is 28.7 Å². The number of nitro benzene ring substituents is 1. The second kappa shape index (κ2) is 6.31. The number of aromatic nitrogens is 1. The van der Waals surface area contributed by atoms with Gasteiger partial charge in [0, 0.05) is 17.6 Å². The molecule has 0 bridgehead atoms. The third-order valence-corrected chi connectivity index (χ3v) is 3.82. The minimum atomic E-state index is -1.13. The molecular formula is C13H13N3O4S. The van der Waals surface area contributed by atoms with Crippen LogP contribution >= 0.6 is 11.3 Å². The fraction of sp³-hybridized carbons (Fsp3) is 0.231. The predicted octanol–water partition coefficient (Wildman–Crippen LogP) is 3.31. The summed E-state index contributed by atoms with van der Waals surface area (Å²) in [5.41, 5.74) is 0.0223. The molecule has 1 heterocycles. The van der Waals surface area contributed by atoms with Crippen molar-refractivity contribution in [1.82, 2.24) is 4.98 Å². The van der Waals surface area contributed by atoms with Crippen molar-refractivity contribution in [2.24, 2.45) is 0 Å². The van der Waals surface area contributed by atoms with Gasteiger partial charge in [-0.05, 0) is 18.6 Å². The Morgan fingerprint density at radius 2 is 2.33 bits per heavy atom. The minimum absolute atomic E-state index is 0.00269. The van der Waals surface area contributed by atoms with Crippen LogP contribution < -0.4 is 5.32 Å². The summed E-state index contributed by atoms with van der Waals surface area (Å²) in [5, 5.41) is 25.7. The number of aromatic carboxylic acids is 1. The van der Waals surface area contributed by atoms with E-state index in [-0.39, 0.29) is 23.0 Å². The van der Waals surface area contributed by atoms with Crippen LogP contribution in [-0.2, 0) is 0 Å². The van der Waals surface area contributed by atoms with E-state index in [2.05, 4.69) is 10.3 Å². The van der Waals surface area contributed by atoms with Crippen molar-refractivity contribution in [3.63, 3.8) is 0 Å². The lowest BCUT2D eigenvalue weighted by atomic mass is 10.1. The van der Waals surface area contributed by atoms with E-state index in [9.17, 15) is 14.9 Å². The zero-order valence-corrected chi connectivity index (χ0v) is 12.0. The average molecular weight is 307 g/mol. The van der Waals surface area contributed by atoms with Crippen molar-refractivity contribution in [2.75, 3.05) is 5.32 Å². The van der Waals surface area contributed by atoms with Crippen LogP contribution in [0, 0.1) is 10.1 Å². The van der Waals surface area contributed by atoms with E-state index in [1.54, 1.807) is 6.20 Å². The van der Waals surface area contributed by atoms with Crippen LogP contribution in [0.4, 0.5) is 11.4 Å². The lowest BCUT2D eigenvalue weighted by molar-refractivity contribution is -0.384. The summed E-state index contributed by atoms with van der Waals surface area (Å²) >= 11 is 1.44. The lowest BCUT2D eigenvalue weighted by Gasteiger charge is -2.16. The Hall–Kier alpha value is -2.48. The van der Waals surface area contributed by atoms with Gasteiger partial charge in [-0.25, -0.2) is 9.78 Å². The van der Waals surface area contributed by atoms with Gasteiger partial charge in [-0.1, -0.05) is 6.92 Å². The second-order valence-electron chi connectivity index (χ2n) is 4.27. The summed E-state index contributed by atoms with van der Waals surface area (Å²) in [7, 11) is 0. The Morgan fingerprint density at radius 3 is 2.86 bits per heavy atom. The van der Waals surface area contributed by atoms with Gasteiger partial charge in [-0.3, -0.25) is 10.1 Å². The molecule has 1 aromatic carbocycles. The van der Waals surface area contributed by atoms with Crippen LogP contribution in [0.25, 0.3) is 0 Å². The summed E-state index contributed by atoms with van der Waals surface area (Å²) in [6.07, 6.45) is 2.33. The molecule has 21 heavy (non-hydrogen) atoms. The third-order valence-electron chi connectivity index (χ3n) is 2.93. The molecule has 0 saturated heterocycles. The van der Waals surface area contributed by atoms with Crippen molar-refractivity contribution < 1.29 is 14.8 Å². The van der Waals surface area contributed by atoms with Crippen LogP contribution in [0.2, 0.25) is 0 Å². The van der Waals surface area contributed by atoms with E-state index in [0.717, 1.165) is 5.01 Å². The first-order chi connectivity index (χ1) is 10.0. The number of benzene rings is 1. The first kappa shape index (κ1) is 14.9. The smallest absolute Gasteiger partial charge is 0.335 e. The number of hydrogen-bond donors (Lipinski definition) is 2. The lowest BCUT2D eigenvalue weighted by Crippen LogP contribution is -2.11. The Labute approximate surface area is 124 Å². The molecule has 0 saturated carbocycles. The number of rotatable bonds is 6. The zero-order chi connectivity index (χ0) is 15.4. The molecule has 0 aliphatic rings. The molecule has 0 aliphatic carbocycles. The van der Waals surface area contributed by atoms with E-state index >= 15 is 0 Å². The summed E-state index contributed by atoms with van der Waals surface area (Å²) in [6, 6.07) is 3.49. The number of nitro groups is 1. The molecule has 1 aromatic heterocycles. The van der Waals surface area contributed by atoms with E-state index in [0.29, 0.717) is 6.42 Å². The fourth-order valence-corrected chi connectivity index (χ4v) is 2.65. The number of hydrogen-bond acceptors (Lipinski definition) is 6.